The van der Waals surface area contributed by atoms with Crippen LogP contribution in [0.25, 0.3) is 6.08 Å². The van der Waals surface area contributed by atoms with Crippen LogP contribution in [0.4, 0.5) is 32.0 Å². The van der Waals surface area contributed by atoms with Gasteiger partial charge in [0.2, 0.25) is 11.8 Å². The Kier molecular flexibility index (Phi) is 10.3. The standard InChI is InChI=1S/C35H36F6INO5/c1-5-6-18(9-19-10-26(42)31(44)28(11-19)47-4)7-8-27-29-23(17(2)3)15-24-30(25(29)16-48-27)33(46)43(32(24)45)22-13-20(34(36,37)38)12-21(14-22)35(39,40)41/h9-14,17,24-25,27,30,44H,5-8,15-16H2,1-4H3/b18-9+/t24-,25+,27-,30-/m1/s1. The van der Waals surface area contributed by atoms with Gasteiger partial charge in [0, 0.05) is 5.92 Å². The molecule has 2 fully saturated rings. The summed E-state index contributed by atoms with van der Waals surface area (Å²) < 4.78 is 94.1. The number of carbonyl (C=O) groups is 2. The van der Waals surface area contributed by atoms with E-state index in [9.17, 15) is 41.0 Å². The number of ether oxygens (including phenoxy) is 2. The number of alkyl halides is 6. The lowest BCUT2D eigenvalue weighted by atomic mass is 9.67. The minimum Gasteiger partial charge on any atom is -0.504 e. The Labute approximate surface area is 288 Å². The molecule has 13 heteroatoms. The van der Waals surface area contributed by atoms with Crippen LogP contribution in [0.5, 0.6) is 11.5 Å². The Hall–Kier alpha value is -3.07. The van der Waals surface area contributed by atoms with E-state index in [4.69, 9.17) is 9.47 Å². The number of fused-ring (bicyclic) bond motifs is 3. The maximum absolute atomic E-state index is 13.9. The molecule has 0 spiro atoms. The molecule has 2 heterocycles. The predicted octanol–water partition coefficient (Wildman–Crippen LogP) is 9.18. The van der Waals surface area contributed by atoms with E-state index in [1.165, 1.54) is 7.11 Å². The summed E-state index contributed by atoms with van der Waals surface area (Å²) in [4.78, 5) is 28.1. The molecule has 3 aliphatic rings. The van der Waals surface area contributed by atoms with Crippen molar-refractivity contribution in [3.63, 3.8) is 0 Å². The van der Waals surface area contributed by atoms with Gasteiger partial charge in [-0.25, -0.2) is 4.90 Å². The highest BCUT2D eigenvalue weighted by Gasteiger charge is 2.58. The third-order valence-electron chi connectivity index (χ3n) is 9.41. The van der Waals surface area contributed by atoms with Crippen molar-refractivity contribution in [1.82, 2.24) is 0 Å². The summed E-state index contributed by atoms with van der Waals surface area (Å²) in [5, 5.41) is 10.2. The van der Waals surface area contributed by atoms with E-state index < -0.39 is 58.7 Å². The minimum atomic E-state index is -5.13. The van der Waals surface area contributed by atoms with Gasteiger partial charge in [-0.2, -0.15) is 26.3 Å². The second-order valence-corrected chi connectivity index (χ2v) is 14.0. The Morgan fingerprint density at radius 1 is 1.02 bits per heavy atom. The van der Waals surface area contributed by atoms with Gasteiger partial charge in [0.25, 0.3) is 0 Å². The van der Waals surface area contributed by atoms with Gasteiger partial charge < -0.3 is 14.6 Å². The van der Waals surface area contributed by atoms with Crippen LogP contribution >= 0.6 is 22.6 Å². The average molecular weight is 792 g/mol. The highest BCUT2D eigenvalue weighted by molar-refractivity contribution is 14.1. The second kappa shape index (κ2) is 13.7. The fraction of sp³-hybridized carbons (Fsp3) is 0.486. The van der Waals surface area contributed by atoms with Gasteiger partial charge in [-0.1, -0.05) is 44.4 Å². The molecule has 0 bridgehead atoms. The molecule has 2 aliphatic heterocycles. The van der Waals surface area contributed by atoms with E-state index in [0.29, 0.717) is 39.2 Å². The van der Waals surface area contributed by atoms with E-state index in [1.54, 1.807) is 6.07 Å². The smallest absolute Gasteiger partial charge is 0.416 e. The Morgan fingerprint density at radius 2 is 1.67 bits per heavy atom. The first-order valence-electron chi connectivity index (χ1n) is 15.7. The summed E-state index contributed by atoms with van der Waals surface area (Å²) in [5.41, 5.74) is -0.0769. The zero-order chi connectivity index (χ0) is 35.3. The van der Waals surface area contributed by atoms with Crippen molar-refractivity contribution in [2.75, 3.05) is 18.6 Å². The van der Waals surface area contributed by atoms with Crippen LogP contribution in [0.15, 0.2) is 47.1 Å². The maximum atomic E-state index is 13.9. The average Bonchev–Trinajstić information content (AvgIpc) is 3.53. The highest BCUT2D eigenvalue weighted by Crippen LogP contribution is 2.52. The number of nitrogens with zero attached hydrogens (tertiary/aromatic N) is 1. The third kappa shape index (κ3) is 6.99. The van der Waals surface area contributed by atoms with E-state index in [1.807, 2.05) is 42.5 Å². The van der Waals surface area contributed by atoms with Crippen molar-refractivity contribution in [3.8, 4) is 11.5 Å². The summed E-state index contributed by atoms with van der Waals surface area (Å²) >= 11 is 2.04. The Bertz CT molecular complexity index is 1630. The lowest BCUT2D eigenvalue weighted by Gasteiger charge is -2.33. The number of allylic oxidation sites excluding steroid dienone is 2. The van der Waals surface area contributed by atoms with Crippen LogP contribution in [0, 0.1) is 27.2 Å². The van der Waals surface area contributed by atoms with Gasteiger partial charge in [0.05, 0.1) is 52.0 Å². The zero-order valence-corrected chi connectivity index (χ0v) is 28.9. The van der Waals surface area contributed by atoms with E-state index in [-0.39, 0.29) is 36.9 Å². The van der Waals surface area contributed by atoms with Crippen molar-refractivity contribution >= 4 is 46.2 Å². The summed E-state index contributed by atoms with van der Waals surface area (Å²) in [5.74, 6) is -3.62. The van der Waals surface area contributed by atoms with Crippen molar-refractivity contribution < 1.29 is 50.5 Å². The molecule has 0 radical (unpaired) electrons. The van der Waals surface area contributed by atoms with Crippen molar-refractivity contribution in [2.45, 2.75) is 71.3 Å². The van der Waals surface area contributed by atoms with Crippen LogP contribution in [-0.4, -0.2) is 36.7 Å². The first-order valence-corrected chi connectivity index (χ1v) is 16.8. The first kappa shape index (κ1) is 36.2. The number of rotatable bonds is 9. The number of carbonyl (C=O) groups excluding carboxylic acids is 2. The number of aromatic hydroxyl groups is 1. The van der Waals surface area contributed by atoms with Gasteiger partial charge in [0.1, 0.15) is 0 Å². The summed E-state index contributed by atoms with van der Waals surface area (Å²) in [6.45, 7) is 6.09. The summed E-state index contributed by atoms with van der Waals surface area (Å²) in [7, 11) is 1.48. The third-order valence-corrected chi connectivity index (χ3v) is 10.2. The van der Waals surface area contributed by atoms with Crippen molar-refractivity contribution in [3.05, 3.63) is 67.3 Å². The molecule has 2 aromatic carbocycles. The molecule has 0 aromatic heterocycles. The summed E-state index contributed by atoms with van der Waals surface area (Å²) in [6.07, 6.45) is -5.49. The number of phenolic OH excluding ortho intramolecular Hbond substituents is 1. The van der Waals surface area contributed by atoms with Gasteiger partial charge in [-0.05, 0) is 95.7 Å². The van der Waals surface area contributed by atoms with Crippen LogP contribution in [0.1, 0.15) is 69.6 Å². The maximum Gasteiger partial charge on any atom is 0.416 e. The molecule has 6 nitrogen and oxygen atoms in total. The molecule has 48 heavy (non-hydrogen) atoms. The number of hydrogen-bond acceptors (Lipinski definition) is 5. The lowest BCUT2D eigenvalue weighted by Crippen LogP contribution is -2.35. The number of amides is 2. The van der Waals surface area contributed by atoms with E-state index in [0.717, 1.165) is 35.1 Å². The lowest BCUT2D eigenvalue weighted by molar-refractivity contribution is -0.143. The van der Waals surface area contributed by atoms with Crippen molar-refractivity contribution in [1.29, 1.82) is 0 Å². The predicted molar refractivity (Wildman–Crippen MR) is 175 cm³/mol. The molecule has 1 aliphatic carbocycles. The fourth-order valence-electron chi connectivity index (χ4n) is 7.26. The van der Waals surface area contributed by atoms with E-state index in [2.05, 4.69) is 13.0 Å². The fourth-order valence-corrected chi connectivity index (χ4v) is 7.88. The Balaban J connectivity index is 1.44. The van der Waals surface area contributed by atoms with Gasteiger partial charge in [-0.3, -0.25) is 9.59 Å². The number of phenols is 1. The quantitative estimate of drug-likeness (QED) is 0.119. The minimum absolute atomic E-state index is 0.0201. The number of methoxy groups -OCH3 is 1. The number of benzene rings is 2. The van der Waals surface area contributed by atoms with Crippen molar-refractivity contribution in [2.24, 2.45) is 23.7 Å². The number of hydrogen-bond donors (Lipinski definition) is 1. The number of anilines is 1. The van der Waals surface area contributed by atoms with Gasteiger partial charge in [-0.15, -0.1) is 0 Å². The molecular formula is C35H36F6INO5. The van der Waals surface area contributed by atoms with Crippen LogP contribution in [0.2, 0.25) is 0 Å². The normalized spacial score (nSPS) is 23.3. The molecule has 2 aromatic rings. The molecule has 2 amide bonds. The van der Waals surface area contributed by atoms with Crippen LogP contribution in [-0.2, 0) is 26.7 Å². The largest absolute Gasteiger partial charge is 0.504 e. The number of halogens is 7. The second-order valence-electron chi connectivity index (χ2n) is 12.8. The monoisotopic (exact) mass is 791 g/mol. The van der Waals surface area contributed by atoms with Gasteiger partial charge in [0.15, 0.2) is 11.5 Å². The SMILES string of the molecule is CCC/C(=C\c1cc(I)c(O)c(OC)c1)CC[C@H]1OC[C@H]2C1=C(C(C)C)C[C@H]1C(=O)N(c3cc(C(F)(F)F)cc(C(F)(F)F)c3)C(=O)[C@H]12. The topological polar surface area (TPSA) is 76.1 Å². The Morgan fingerprint density at radius 3 is 2.23 bits per heavy atom. The molecule has 2 saturated heterocycles. The number of imide groups is 1. The molecule has 5 rings (SSSR count). The molecular weight excluding hydrogens is 755 g/mol. The van der Waals surface area contributed by atoms with Crippen LogP contribution < -0.4 is 9.64 Å². The molecule has 0 saturated carbocycles. The highest BCUT2D eigenvalue weighted by atomic mass is 127. The molecule has 0 unspecified atom stereocenters. The van der Waals surface area contributed by atoms with Gasteiger partial charge >= 0.3 is 12.4 Å². The molecule has 260 valence electrons. The molecule has 4 atom stereocenters. The molecule has 1 N–H and O–H groups in total. The van der Waals surface area contributed by atoms with E-state index >= 15 is 0 Å². The zero-order valence-electron chi connectivity index (χ0n) is 26.8. The van der Waals surface area contributed by atoms with Crippen LogP contribution in [0.3, 0.4) is 0 Å². The summed E-state index contributed by atoms with van der Waals surface area (Å²) in [6, 6.07) is 4.45. The first-order chi connectivity index (χ1) is 22.5.